The van der Waals surface area contributed by atoms with Crippen LogP contribution in [0.2, 0.25) is 12.1 Å². The molecule has 0 aliphatic heterocycles. The highest BCUT2D eigenvalue weighted by Crippen LogP contribution is 2.56. The van der Waals surface area contributed by atoms with Crippen LogP contribution in [0, 0.1) is 0 Å². The Morgan fingerprint density at radius 2 is 0.891 bits per heavy atom. The van der Waals surface area contributed by atoms with Gasteiger partial charge in [-0.3, -0.25) is 0 Å². The van der Waals surface area contributed by atoms with Crippen molar-refractivity contribution in [1.29, 1.82) is 0 Å². The molecule has 6 rings (SSSR count). The van der Waals surface area contributed by atoms with E-state index in [4.69, 9.17) is 36.5 Å². The lowest BCUT2D eigenvalue weighted by molar-refractivity contribution is 0.122. The van der Waals surface area contributed by atoms with Gasteiger partial charge in [-0.1, -0.05) is 48.5 Å². The van der Waals surface area contributed by atoms with E-state index in [0.29, 0.717) is 0 Å². The first-order chi connectivity index (χ1) is 26.9. The van der Waals surface area contributed by atoms with Gasteiger partial charge in [0.25, 0.3) is 0 Å². The Morgan fingerprint density at radius 1 is 0.491 bits per heavy atom. The normalized spacial score (nSPS) is 12.3. The quantitative estimate of drug-likeness (QED) is 0.0369. The average molecular weight is 905 g/mol. The van der Waals surface area contributed by atoms with Crippen molar-refractivity contribution in [2.75, 3.05) is 42.7 Å². The molecule has 0 amide bonds. The van der Waals surface area contributed by atoms with Crippen LogP contribution in [0.25, 0.3) is 41.6 Å². The van der Waals surface area contributed by atoms with E-state index in [2.05, 4.69) is 72.8 Å². The SMILES string of the molecule is CO[Si](CCCc1cccc(SSSSSc2cccc(CCC[Si](OC)(OC)OC)c2-c2nc3ccccc3s2)c1-c1nc2ccccc2s1)(OC)OC. The van der Waals surface area contributed by atoms with Gasteiger partial charge < -0.3 is 26.6 Å². The predicted octanol–water partition coefficient (Wildman–Crippen LogP) is 12.6. The smallest absolute Gasteiger partial charge is 0.377 e. The molecule has 292 valence electrons. The third-order valence-electron chi connectivity index (χ3n) is 9.27. The summed E-state index contributed by atoms with van der Waals surface area (Å²) in [6, 6.07) is 31.4. The van der Waals surface area contributed by atoms with Crippen LogP contribution in [0.15, 0.2) is 94.7 Å². The number of rotatable bonds is 22. The van der Waals surface area contributed by atoms with Crippen molar-refractivity contribution >= 4 is 112 Å². The Bertz CT molecular complexity index is 1920. The second kappa shape index (κ2) is 21.0. The van der Waals surface area contributed by atoms with Crippen LogP contribution in [-0.2, 0) is 39.4 Å². The molecule has 6 aromatic rings. The van der Waals surface area contributed by atoms with Crippen molar-refractivity contribution in [2.24, 2.45) is 0 Å². The van der Waals surface area contributed by atoms with Gasteiger partial charge in [0.05, 0.1) is 20.4 Å². The molecule has 2 heterocycles. The molecular formula is C38H44N2O6S7Si2. The van der Waals surface area contributed by atoms with E-state index >= 15 is 0 Å². The van der Waals surface area contributed by atoms with Gasteiger partial charge in [-0.05, 0) is 124 Å². The molecule has 0 aliphatic rings. The predicted molar refractivity (Wildman–Crippen MR) is 244 cm³/mol. The minimum atomic E-state index is -2.67. The van der Waals surface area contributed by atoms with Gasteiger partial charge in [-0.15, -0.1) is 22.7 Å². The van der Waals surface area contributed by atoms with Crippen LogP contribution in [-0.4, -0.2) is 70.2 Å². The lowest BCUT2D eigenvalue weighted by Crippen LogP contribution is -2.42. The van der Waals surface area contributed by atoms with Gasteiger partial charge in [-0.2, -0.15) is 0 Å². The maximum atomic E-state index is 5.71. The van der Waals surface area contributed by atoms with Crippen LogP contribution in [0.1, 0.15) is 24.0 Å². The van der Waals surface area contributed by atoms with Crippen LogP contribution in [0.4, 0.5) is 0 Å². The summed E-state index contributed by atoms with van der Waals surface area (Å²) < 4.78 is 36.6. The molecule has 0 unspecified atom stereocenters. The number of para-hydroxylation sites is 2. The highest BCUT2D eigenvalue weighted by molar-refractivity contribution is 9.35. The fraction of sp³-hybridized carbons (Fsp3) is 0.316. The fourth-order valence-electron chi connectivity index (χ4n) is 6.37. The molecule has 55 heavy (non-hydrogen) atoms. The van der Waals surface area contributed by atoms with Gasteiger partial charge in [0.1, 0.15) is 10.0 Å². The van der Waals surface area contributed by atoms with Crippen LogP contribution in [0.5, 0.6) is 0 Å². The molecule has 0 saturated heterocycles. The number of thiazole rings is 2. The highest BCUT2D eigenvalue weighted by Gasteiger charge is 2.38. The number of fused-ring (bicyclic) bond motifs is 2. The zero-order chi connectivity index (χ0) is 38.7. The van der Waals surface area contributed by atoms with Crippen molar-refractivity contribution < 1.29 is 26.6 Å². The number of aromatic nitrogens is 2. The molecule has 0 bridgehead atoms. The summed E-state index contributed by atoms with van der Waals surface area (Å²) in [6.07, 6.45) is 3.49. The molecule has 8 nitrogen and oxygen atoms in total. The van der Waals surface area contributed by atoms with Gasteiger partial charge in [0.15, 0.2) is 0 Å². The van der Waals surface area contributed by atoms with Gasteiger partial charge >= 0.3 is 17.6 Å². The summed E-state index contributed by atoms with van der Waals surface area (Å²) >= 11 is 3.49. The molecule has 0 aliphatic carbocycles. The molecule has 0 atom stereocenters. The van der Waals surface area contributed by atoms with Crippen molar-refractivity contribution in [2.45, 2.75) is 47.6 Å². The summed E-state index contributed by atoms with van der Waals surface area (Å²) in [4.78, 5) is 12.6. The number of hydrogen-bond acceptors (Lipinski definition) is 15. The molecule has 0 radical (unpaired) electrons. The molecule has 0 saturated carbocycles. The maximum Gasteiger partial charge on any atom is 0.500 e. The third-order valence-corrected chi connectivity index (χ3v) is 25.4. The Hall–Kier alpha value is -1.40. The Labute approximate surface area is 352 Å². The standard InChI is InChI=1S/C38H44N2O6S7Si2/c1-41-54(42-2,43-3)25-13-17-27-15-11-23-33(35(27)37-39-29-19-7-9-21-31(29)47-37)49-51-53-52-50-34-24-12-16-28(18-14-26-55(44-4,45-5)46-6)36(34)38-40-30-20-8-10-22-32(30)48-38/h7-12,15-16,19-24H,13-14,17-18,25-26H2,1-6H3. The maximum absolute atomic E-state index is 5.71. The first kappa shape index (κ1) is 43.2. The van der Waals surface area contributed by atoms with Gasteiger partial charge in [-0.25, -0.2) is 9.97 Å². The first-order valence-corrected chi connectivity index (χ1v) is 29.2. The largest absolute Gasteiger partial charge is 0.500 e. The second-order valence-electron chi connectivity index (χ2n) is 12.2. The molecule has 4 aromatic carbocycles. The lowest BCUT2D eigenvalue weighted by Gasteiger charge is -2.24. The van der Waals surface area contributed by atoms with Crippen molar-refractivity contribution in [3.05, 3.63) is 96.1 Å². The van der Waals surface area contributed by atoms with E-state index < -0.39 is 17.6 Å². The number of aryl methyl sites for hydroxylation is 2. The van der Waals surface area contributed by atoms with E-state index in [1.165, 1.54) is 41.4 Å². The highest BCUT2D eigenvalue weighted by atomic mass is 33.8. The van der Waals surface area contributed by atoms with Crippen molar-refractivity contribution in [3.8, 4) is 21.1 Å². The number of hydrogen-bond donors (Lipinski definition) is 0. The van der Waals surface area contributed by atoms with Crippen molar-refractivity contribution in [3.63, 3.8) is 0 Å². The summed E-state index contributed by atoms with van der Waals surface area (Å²) in [5.74, 6) is 0. The monoisotopic (exact) mass is 904 g/mol. The number of nitrogens with zero attached hydrogens (tertiary/aromatic N) is 2. The summed E-state index contributed by atoms with van der Waals surface area (Å²) in [7, 11) is 13.6. The van der Waals surface area contributed by atoms with Gasteiger partial charge in [0, 0.05) is 75.7 Å². The molecule has 0 N–H and O–H groups in total. The zero-order valence-electron chi connectivity index (χ0n) is 31.5. The Kier molecular flexibility index (Phi) is 16.5. The summed E-state index contributed by atoms with van der Waals surface area (Å²) in [5, 5.41) is 2.08. The van der Waals surface area contributed by atoms with Crippen LogP contribution < -0.4 is 0 Å². The van der Waals surface area contributed by atoms with Crippen LogP contribution in [0.3, 0.4) is 0 Å². The zero-order valence-corrected chi connectivity index (χ0v) is 39.2. The number of benzene rings is 4. The summed E-state index contributed by atoms with van der Waals surface area (Å²) in [6.45, 7) is 0. The topological polar surface area (TPSA) is 81.2 Å². The van der Waals surface area contributed by atoms with Gasteiger partial charge in [0.2, 0.25) is 0 Å². The molecule has 17 heteroatoms. The molecule has 2 aromatic heterocycles. The van der Waals surface area contributed by atoms with E-state index in [1.54, 1.807) is 116 Å². The van der Waals surface area contributed by atoms with Crippen molar-refractivity contribution in [1.82, 2.24) is 9.97 Å². The third kappa shape index (κ3) is 10.6. The molecule has 0 spiro atoms. The lowest BCUT2D eigenvalue weighted by atomic mass is 10.0. The van der Waals surface area contributed by atoms with Crippen LogP contribution >= 0.6 is 73.7 Å². The first-order valence-electron chi connectivity index (χ1n) is 17.5. The minimum absolute atomic E-state index is 0.738. The van der Waals surface area contributed by atoms with E-state index in [1.807, 2.05) is 12.1 Å². The summed E-state index contributed by atoms with van der Waals surface area (Å²) in [5.41, 5.74) is 6.98. The molecule has 0 fully saturated rings. The second-order valence-corrected chi connectivity index (χ2v) is 28.0. The van der Waals surface area contributed by atoms with E-state index in [0.717, 1.165) is 58.8 Å². The minimum Gasteiger partial charge on any atom is -0.377 e. The average Bonchev–Trinajstić information content (AvgIpc) is 3.86. The van der Waals surface area contributed by atoms with E-state index in [-0.39, 0.29) is 0 Å². The van der Waals surface area contributed by atoms with E-state index in [9.17, 15) is 0 Å². The fourth-order valence-corrected chi connectivity index (χ4v) is 20.7. The molecular weight excluding hydrogens is 861 g/mol. The Balaban J connectivity index is 1.18. The Morgan fingerprint density at radius 3 is 1.27 bits per heavy atom.